The number of ether oxygens (including phenoxy) is 1. The number of rotatable bonds is 3. The van der Waals surface area contributed by atoms with Gasteiger partial charge in [-0.25, -0.2) is 0 Å². The van der Waals surface area contributed by atoms with Crippen molar-refractivity contribution in [2.75, 3.05) is 13.2 Å². The maximum atomic E-state index is 11.5. The summed E-state index contributed by atoms with van der Waals surface area (Å²) >= 11 is 0. The SMILES string of the molecule is CCOC(=O)C1CCC2(CC1)CC2CN. The van der Waals surface area contributed by atoms with Crippen molar-refractivity contribution in [1.29, 1.82) is 0 Å². The zero-order chi connectivity index (χ0) is 10.9. The van der Waals surface area contributed by atoms with Gasteiger partial charge in [-0.3, -0.25) is 4.79 Å². The summed E-state index contributed by atoms with van der Waals surface area (Å²) < 4.78 is 5.06. The normalized spacial score (nSPS) is 39.1. The van der Waals surface area contributed by atoms with Crippen LogP contribution < -0.4 is 5.73 Å². The topological polar surface area (TPSA) is 52.3 Å². The van der Waals surface area contributed by atoms with Crippen molar-refractivity contribution in [2.24, 2.45) is 23.0 Å². The number of hydrogen-bond acceptors (Lipinski definition) is 3. The minimum absolute atomic E-state index is 0.0114. The summed E-state index contributed by atoms with van der Waals surface area (Å²) in [5.74, 6) is 0.910. The Kier molecular flexibility index (Phi) is 3.01. The van der Waals surface area contributed by atoms with Crippen LogP contribution in [0.2, 0.25) is 0 Å². The highest BCUT2D eigenvalue weighted by Crippen LogP contribution is 2.61. The van der Waals surface area contributed by atoms with Crippen molar-refractivity contribution in [3.63, 3.8) is 0 Å². The molecule has 2 rings (SSSR count). The summed E-state index contributed by atoms with van der Waals surface area (Å²) in [6.45, 7) is 3.20. The van der Waals surface area contributed by atoms with Crippen molar-refractivity contribution >= 4 is 5.97 Å². The van der Waals surface area contributed by atoms with Crippen molar-refractivity contribution < 1.29 is 9.53 Å². The lowest BCUT2D eigenvalue weighted by Crippen LogP contribution is -2.26. The molecule has 1 unspecified atom stereocenters. The lowest BCUT2D eigenvalue weighted by molar-refractivity contribution is -0.149. The minimum Gasteiger partial charge on any atom is -0.466 e. The summed E-state index contributed by atoms with van der Waals surface area (Å²) in [6, 6.07) is 0. The average Bonchev–Trinajstić information content (AvgIpc) is 2.93. The minimum atomic E-state index is 0.0114. The molecule has 2 aliphatic rings. The Labute approximate surface area is 91.4 Å². The van der Waals surface area contributed by atoms with Gasteiger partial charge < -0.3 is 10.5 Å². The van der Waals surface area contributed by atoms with Gasteiger partial charge in [0.1, 0.15) is 0 Å². The highest BCUT2D eigenvalue weighted by Gasteiger charge is 2.54. The van der Waals surface area contributed by atoms with Crippen LogP contribution in [0.3, 0.4) is 0 Å². The van der Waals surface area contributed by atoms with E-state index >= 15 is 0 Å². The fraction of sp³-hybridized carbons (Fsp3) is 0.917. The van der Waals surface area contributed by atoms with Crippen LogP contribution in [0.15, 0.2) is 0 Å². The molecule has 0 saturated heterocycles. The van der Waals surface area contributed by atoms with Gasteiger partial charge in [-0.2, -0.15) is 0 Å². The van der Waals surface area contributed by atoms with E-state index in [4.69, 9.17) is 10.5 Å². The van der Waals surface area contributed by atoms with Gasteiger partial charge in [-0.05, 0) is 56.9 Å². The van der Waals surface area contributed by atoms with Crippen molar-refractivity contribution in [3.8, 4) is 0 Å². The third-order valence-corrected chi connectivity index (χ3v) is 4.24. The fourth-order valence-electron chi connectivity index (χ4n) is 3.07. The largest absolute Gasteiger partial charge is 0.466 e. The number of esters is 1. The molecule has 3 nitrogen and oxygen atoms in total. The van der Waals surface area contributed by atoms with Gasteiger partial charge in [0.15, 0.2) is 0 Å². The molecular weight excluding hydrogens is 190 g/mol. The van der Waals surface area contributed by atoms with Crippen molar-refractivity contribution in [1.82, 2.24) is 0 Å². The average molecular weight is 211 g/mol. The molecule has 2 N–H and O–H groups in total. The molecular formula is C12H21NO2. The van der Waals surface area contributed by atoms with Gasteiger partial charge in [0.25, 0.3) is 0 Å². The molecule has 86 valence electrons. The third kappa shape index (κ3) is 2.03. The lowest BCUT2D eigenvalue weighted by atomic mass is 9.78. The summed E-state index contributed by atoms with van der Waals surface area (Å²) in [5, 5.41) is 0. The Morgan fingerprint density at radius 1 is 1.47 bits per heavy atom. The van der Waals surface area contributed by atoms with E-state index in [9.17, 15) is 4.79 Å². The zero-order valence-electron chi connectivity index (χ0n) is 9.50. The number of nitrogens with two attached hydrogens (primary N) is 1. The second kappa shape index (κ2) is 4.12. The maximum Gasteiger partial charge on any atom is 0.308 e. The molecule has 0 aromatic carbocycles. The predicted octanol–water partition coefficient (Wildman–Crippen LogP) is 1.70. The van der Waals surface area contributed by atoms with E-state index in [2.05, 4.69) is 0 Å². The fourth-order valence-corrected chi connectivity index (χ4v) is 3.07. The molecule has 0 aromatic heterocycles. The number of carbonyl (C=O) groups excluding carboxylic acids is 1. The summed E-state index contributed by atoms with van der Waals surface area (Å²) in [5.41, 5.74) is 6.22. The maximum absolute atomic E-state index is 11.5. The first-order valence-corrected chi connectivity index (χ1v) is 6.08. The Bertz CT molecular complexity index is 244. The summed E-state index contributed by atoms with van der Waals surface area (Å²) in [4.78, 5) is 11.5. The molecule has 2 aliphatic carbocycles. The Hall–Kier alpha value is -0.570. The lowest BCUT2D eigenvalue weighted by Gasteiger charge is -2.28. The van der Waals surface area contributed by atoms with Crippen LogP contribution in [0.4, 0.5) is 0 Å². The molecule has 1 atom stereocenters. The molecule has 15 heavy (non-hydrogen) atoms. The quantitative estimate of drug-likeness (QED) is 0.723. The van der Waals surface area contributed by atoms with Gasteiger partial charge in [0, 0.05) is 0 Å². The van der Waals surface area contributed by atoms with Crippen LogP contribution >= 0.6 is 0 Å². The third-order valence-electron chi connectivity index (χ3n) is 4.24. The molecule has 2 fully saturated rings. The predicted molar refractivity (Wildman–Crippen MR) is 58.2 cm³/mol. The highest BCUT2D eigenvalue weighted by atomic mass is 16.5. The Balaban J connectivity index is 1.80. The van der Waals surface area contributed by atoms with Crippen LogP contribution in [-0.2, 0) is 9.53 Å². The summed E-state index contributed by atoms with van der Waals surface area (Å²) in [6.07, 6.45) is 5.67. The molecule has 0 aliphatic heterocycles. The first-order valence-electron chi connectivity index (χ1n) is 6.08. The van der Waals surface area contributed by atoms with Crippen LogP contribution in [-0.4, -0.2) is 19.1 Å². The Morgan fingerprint density at radius 3 is 2.60 bits per heavy atom. The van der Waals surface area contributed by atoms with E-state index in [1.54, 1.807) is 0 Å². The van der Waals surface area contributed by atoms with E-state index in [0.717, 1.165) is 25.3 Å². The van der Waals surface area contributed by atoms with Crippen LogP contribution in [0.1, 0.15) is 39.0 Å². The van der Waals surface area contributed by atoms with Gasteiger partial charge in [-0.1, -0.05) is 0 Å². The molecule has 3 heteroatoms. The molecule has 1 spiro atoms. The molecule has 0 heterocycles. The molecule has 0 radical (unpaired) electrons. The van der Waals surface area contributed by atoms with Gasteiger partial charge in [-0.15, -0.1) is 0 Å². The number of hydrogen-bond donors (Lipinski definition) is 1. The van der Waals surface area contributed by atoms with E-state index in [1.165, 1.54) is 19.3 Å². The first-order chi connectivity index (χ1) is 7.22. The van der Waals surface area contributed by atoms with Gasteiger partial charge in [0.05, 0.1) is 12.5 Å². The second-order valence-electron chi connectivity index (χ2n) is 5.03. The Morgan fingerprint density at radius 2 is 2.13 bits per heavy atom. The first kappa shape index (κ1) is 10.9. The zero-order valence-corrected chi connectivity index (χ0v) is 9.50. The highest BCUT2D eigenvalue weighted by molar-refractivity contribution is 5.72. The van der Waals surface area contributed by atoms with Crippen LogP contribution in [0.25, 0.3) is 0 Å². The van der Waals surface area contributed by atoms with E-state index < -0.39 is 0 Å². The van der Waals surface area contributed by atoms with Crippen LogP contribution in [0, 0.1) is 17.3 Å². The smallest absolute Gasteiger partial charge is 0.308 e. The van der Waals surface area contributed by atoms with Crippen LogP contribution in [0.5, 0.6) is 0 Å². The molecule has 0 aromatic rings. The molecule has 0 bridgehead atoms. The monoisotopic (exact) mass is 211 g/mol. The van der Waals surface area contributed by atoms with Crippen molar-refractivity contribution in [2.45, 2.75) is 39.0 Å². The second-order valence-corrected chi connectivity index (χ2v) is 5.03. The molecule has 2 saturated carbocycles. The standard InChI is InChI=1S/C12H21NO2/c1-2-15-11(14)9-3-5-12(6-4-9)7-10(12)8-13/h9-10H,2-8,13H2,1H3. The van der Waals surface area contributed by atoms with Gasteiger partial charge in [0.2, 0.25) is 0 Å². The van der Waals surface area contributed by atoms with E-state index in [1.807, 2.05) is 6.92 Å². The van der Waals surface area contributed by atoms with E-state index in [0.29, 0.717) is 12.0 Å². The summed E-state index contributed by atoms with van der Waals surface area (Å²) in [7, 11) is 0. The van der Waals surface area contributed by atoms with Gasteiger partial charge >= 0.3 is 5.97 Å². The van der Waals surface area contributed by atoms with E-state index in [-0.39, 0.29) is 11.9 Å². The number of carbonyl (C=O) groups is 1. The van der Waals surface area contributed by atoms with Crippen molar-refractivity contribution in [3.05, 3.63) is 0 Å². The molecule has 0 amide bonds.